The smallest absolute Gasteiger partial charge is 0.241 e. The summed E-state index contributed by atoms with van der Waals surface area (Å²) in [6.45, 7) is 2.92. The Morgan fingerprint density at radius 1 is 1.38 bits per heavy atom. The summed E-state index contributed by atoms with van der Waals surface area (Å²) < 4.78 is 25.4. The number of sulfonamides is 1. The Bertz CT molecular complexity index is 601. The highest BCUT2D eigenvalue weighted by Gasteiger charge is 2.25. The molecule has 1 aromatic rings. The van der Waals surface area contributed by atoms with Crippen LogP contribution in [0.4, 0.5) is 0 Å². The lowest BCUT2D eigenvalue weighted by molar-refractivity contribution is -0.123. The van der Waals surface area contributed by atoms with Gasteiger partial charge in [0.1, 0.15) is 6.04 Å². The third-order valence-electron chi connectivity index (χ3n) is 3.41. The summed E-state index contributed by atoms with van der Waals surface area (Å²) in [4.78, 5) is 12.2. The third-order valence-corrected chi connectivity index (χ3v) is 4.88. The van der Waals surface area contributed by atoms with Crippen LogP contribution in [0.15, 0.2) is 24.3 Å². The van der Waals surface area contributed by atoms with Crippen molar-refractivity contribution in [3.05, 3.63) is 35.4 Å². The Morgan fingerprint density at radius 3 is 2.90 bits per heavy atom. The number of hydrogen-bond donors (Lipinski definition) is 3. The Balaban J connectivity index is 1.93. The zero-order valence-corrected chi connectivity index (χ0v) is 12.9. The van der Waals surface area contributed by atoms with Crippen molar-refractivity contribution in [3.63, 3.8) is 0 Å². The van der Waals surface area contributed by atoms with Gasteiger partial charge in [0, 0.05) is 19.6 Å². The summed E-state index contributed by atoms with van der Waals surface area (Å²) in [5.74, 6) is -0.296. The highest BCUT2D eigenvalue weighted by atomic mass is 32.2. The number of rotatable bonds is 6. The second-order valence-electron chi connectivity index (χ2n) is 4.94. The molecule has 1 heterocycles. The molecule has 0 bridgehead atoms. The van der Waals surface area contributed by atoms with Crippen molar-refractivity contribution in [3.8, 4) is 0 Å². The summed E-state index contributed by atoms with van der Waals surface area (Å²) in [5.41, 5.74) is 2.13. The Labute approximate surface area is 125 Å². The maximum absolute atomic E-state index is 12.2. The van der Waals surface area contributed by atoms with Gasteiger partial charge in [-0.2, -0.15) is 0 Å². The number of carbonyl (C=O) groups excluding carboxylic acids is 1. The third kappa shape index (κ3) is 4.26. The van der Waals surface area contributed by atoms with Gasteiger partial charge in [0.2, 0.25) is 15.9 Å². The van der Waals surface area contributed by atoms with Crippen LogP contribution in [0.25, 0.3) is 0 Å². The topological polar surface area (TPSA) is 87.3 Å². The van der Waals surface area contributed by atoms with E-state index in [4.69, 9.17) is 0 Å². The minimum absolute atomic E-state index is 0.106. The van der Waals surface area contributed by atoms with E-state index in [-0.39, 0.29) is 18.2 Å². The van der Waals surface area contributed by atoms with Crippen molar-refractivity contribution in [1.82, 2.24) is 15.4 Å². The van der Waals surface area contributed by atoms with E-state index in [2.05, 4.69) is 15.4 Å². The van der Waals surface area contributed by atoms with Crippen molar-refractivity contribution in [1.29, 1.82) is 0 Å². The van der Waals surface area contributed by atoms with E-state index in [9.17, 15) is 13.2 Å². The van der Waals surface area contributed by atoms with Crippen molar-refractivity contribution < 1.29 is 13.2 Å². The number of hydrogen-bond acceptors (Lipinski definition) is 4. The molecule has 1 amide bonds. The van der Waals surface area contributed by atoms with Crippen molar-refractivity contribution in [2.24, 2.45) is 0 Å². The quantitative estimate of drug-likeness (QED) is 0.686. The molecular formula is C14H21N3O3S. The van der Waals surface area contributed by atoms with E-state index >= 15 is 0 Å². The monoisotopic (exact) mass is 311 g/mol. The summed E-state index contributed by atoms with van der Waals surface area (Å²) in [7, 11) is -3.30. The van der Waals surface area contributed by atoms with Crippen LogP contribution in [0.5, 0.6) is 0 Å². The lowest BCUT2D eigenvalue weighted by Gasteiger charge is -2.26. The van der Waals surface area contributed by atoms with Gasteiger partial charge in [0.15, 0.2) is 0 Å². The molecule has 0 radical (unpaired) electrons. The van der Waals surface area contributed by atoms with Gasteiger partial charge in [-0.25, -0.2) is 13.1 Å². The number of carbonyl (C=O) groups is 1. The fourth-order valence-electron chi connectivity index (χ4n) is 2.44. The van der Waals surface area contributed by atoms with Crippen molar-refractivity contribution >= 4 is 15.9 Å². The maximum atomic E-state index is 12.2. The van der Waals surface area contributed by atoms with Gasteiger partial charge in [-0.1, -0.05) is 31.2 Å². The summed E-state index contributed by atoms with van der Waals surface area (Å²) in [6, 6.07) is 7.41. The van der Waals surface area contributed by atoms with E-state index in [0.29, 0.717) is 6.54 Å². The molecule has 0 aliphatic carbocycles. The van der Waals surface area contributed by atoms with E-state index in [0.717, 1.165) is 24.1 Å². The number of nitrogens with one attached hydrogen (secondary N) is 3. The zero-order valence-electron chi connectivity index (χ0n) is 12.1. The molecular weight excluding hydrogens is 290 g/mol. The summed E-state index contributed by atoms with van der Waals surface area (Å²) in [6.07, 6.45) is 0.898. The highest BCUT2D eigenvalue weighted by molar-refractivity contribution is 7.89. The van der Waals surface area contributed by atoms with Gasteiger partial charge in [-0.05, 0) is 17.5 Å². The molecule has 0 aromatic heterocycles. The molecule has 1 unspecified atom stereocenters. The van der Waals surface area contributed by atoms with Gasteiger partial charge in [-0.3, -0.25) is 4.79 Å². The normalized spacial score (nSPS) is 18.0. The average molecular weight is 311 g/mol. The van der Waals surface area contributed by atoms with Gasteiger partial charge >= 0.3 is 0 Å². The molecule has 0 saturated carbocycles. The molecule has 7 heteroatoms. The average Bonchev–Trinajstić information content (AvgIpc) is 2.46. The molecule has 116 valence electrons. The first kappa shape index (κ1) is 15.9. The van der Waals surface area contributed by atoms with Gasteiger partial charge in [0.05, 0.1) is 5.75 Å². The molecule has 6 nitrogen and oxygen atoms in total. The van der Waals surface area contributed by atoms with Crippen LogP contribution in [0.1, 0.15) is 24.1 Å². The van der Waals surface area contributed by atoms with Gasteiger partial charge in [-0.15, -0.1) is 0 Å². The Kier molecular flexibility index (Phi) is 5.33. The van der Waals surface area contributed by atoms with E-state index < -0.39 is 16.1 Å². The molecule has 0 fully saturated rings. The molecule has 1 aliphatic rings. The van der Waals surface area contributed by atoms with E-state index in [1.807, 2.05) is 24.3 Å². The van der Waals surface area contributed by atoms with Crippen LogP contribution in [-0.4, -0.2) is 39.7 Å². The number of fused-ring (bicyclic) bond motifs is 1. The summed E-state index contributed by atoms with van der Waals surface area (Å²) >= 11 is 0. The minimum atomic E-state index is -3.30. The van der Waals surface area contributed by atoms with Crippen LogP contribution in [0.2, 0.25) is 0 Å². The van der Waals surface area contributed by atoms with Gasteiger partial charge < -0.3 is 10.6 Å². The van der Waals surface area contributed by atoms with E-state index in [1.54, 1.807) is 6.92 Å². The SMILES string of the molecule is CCNS(=O)(=O)CCNC(=O)C1NCCc2ccccc21. The molecule has 0 spiro atoms. The minimum Gasteiger partial charge on any atom is -0.353 e. The lowest BCUT2D eigenvalue weighted by Crippen LogP contribution is -2.43. The van der Waals surface area contributed by atoms with Crippen molar-refractivity contribution in [2.75, 3.05) is 25.4 Å². The Hall–Kier alpha value is -1.44. The standard InChI is InChI=1S/C14H21N3O3S/c1-2-17-21(19,20)10-9-16-14(18)13-12-6-4-3-5-11(12)7-8-15-13/h3-6,13,15,17H,2,7-10H2,1H3,(H,16,18). The first-order chi connectivity index (χ1) is 10.0. The van der Waals surface area contributed by atoms with Gasteiger partial charge in [0.25, 0.3) is 0 Å². The van der Waals surface area contributed by atoms with Crippen LogP contribution in [-0.2, 0) is 21.2 Å². The predicted octanol–water partition coefficient (Wildman–Crippen LogP) is -0.0711. The second-order valence-corrected chi connectivity index (χ2v) is 6.87. The predicted molar refractivity (Wildman–Crippen MR) is 81.4 cm³/mol. The maximum Gasteiger partial charge on any atom is 0.241 e. The fourth-order valence-corrected chi connectivity index (χ4v) is 3.40. The number of benzene rings is 1. The molecule has 21 heavy (non-hydrogen) atoms. The highest BCUT2D eigenvalue weighted by Crippen LogP contribution is 2.22. The second kappa shape index (κ2) is 7.02. The summed E-state index contributed by atoms with van der Waals surface area (Å²) in [5, 5.41) is 5.86. The van der Waals surface area contributed by atoms with E-state index in [1.165, 1.54) is 0 Å². The first-order valence-electron chi connectivity index (χ1n) is 7.09. The number of amides is 1. The molecule has 1 aliphatic heterocycles. The molecule has 3 N–H and O–H groups in total. The first-order valence-corrected chi connectivity index (χ1v) is 8.75. The van der Waals surface area contributed by atoms with Crippen LogP contribution < -0.4 is 15.4 Å². The van der Waals surface area contributed by atoms with Crippen LogP contribution >= 0.6 is 0 Å². The molecule has 1 atom stereocenters. The lowest BCUT2D eigenvalue weighted by atomic mass is 9.94. The van der Waals surface area contributed by atoms with Crippen molar-refractivity contribution in [2.45, 2.75) is 19.4 Å². The fraction of sp³-hybridized carbons (Fsp3) is 0.500. The molecule has 0 saturated heterocycles. The van der Waals surface area contributed by atoms with Crippen LogP contribution in [0.3, 0.4) is 0 Å². The molecule has 2 rings (SSSR count). The zero-order chi connectivity index (χ0) is 15.3. The molecule has 1 aromatic carbocycles. The van der Waals surface area contributed by atoms with Crippen LogP contribution in [0, 0.1) is 0 Å². The largest absolute Gasteiger partial charge is 0.353 e. The Morgan fingerprint density at radius 2 is 2.14 bits per heavy atom.